The number of likely N-dealkylation sites (tertiary alicyclic amines) is 1. The van der Waals surface area contributed by atoms with Gasteiger partial charge < -0.3 is 24.3 Å². The molecule has 4 aromatic rings. The summed E-state index contributed by atoms with van der Waals surface area (Å²) in [4.78, 5) is 33.8. The Bertz CT molecular complexity index is 1610. The molecule has 1 aromatic heterocycles. The van der Waals surface area contributed by atoms with Crippen molar-refractivity contribution in [3.05, 3.63) is 77.6 Å². The van der Waals surface area contributed by atoms with E-state index < -0.39 is 17.7 Å². The van der Waals surface area contributed by atoms with Crippen LogP contribution < -0.4 is 5.32 Å². The molecule has 0 aliphatic carbocycles. The van der Waals surface area contributed by atoms with Gasteiger partial charge in [0.1, 0.15) is 11.4 Å². The van der Waals surface area contributed by atoms with E-state index in [1.807, 2.05) is 37.8 Å². The smallest absolute Gasteiger partial charge is 0.407 e. The van der Waals surface area contributed by atoms with Crippen LogP contribution in [0.5, 0.6) is 0 Å². The third-order valence-corrected chi connectivity index (χ3v) is 8.31. The van der Waals surface area contributed by atoms with Crippen molar-refractivity contribution in [2.45, 2.75) is 83.9 Å². The van der Waals surface area contributed by atoms with E-state index in [4.69, 9.17) is 14.5 Å². The predicted octanol–water partition coefficient (Wildman–Crippen LogP) is 6.77. The van der Waals surface area contributed by atoms with Crippen molar-refractivity contribution < 1.29 is 19.1 Å². The lowest BCUT2D eigenvalue weighted by Crippen LogP contribution is -2.46. The number of rotatable bonds is 10. The second-order valence-electron chi connectivity index (χ2n) is 13.0. The van der Waals surface area contributed by atoms with Gasteiger partial charge in [-0.2, -0.15) is 0 Å². The van der Waals surface area contributed by atoms with Gasteiger partial charge >= 0.3 is 6.09 Å². The van der Waals surface area contributed by atoms with Crippen molar-refractivity contribution in [1.29, 1.82) is 0 Å². The van der Waals surface area contributed by atoms with Crippen molar-refractivity contribution in [3.63, 3.8) is 0 Å². The fraction of sp³-hybridized carbons (Fsp3) is 0.472. The molecule has 8 nitrogen and oxygen atoms in total. The molecule has 0 spiro atoms. The summed E-state index contributed by atoms with van der Waals surface area (Å²) in [6.07, 6.45) is 3.00. The summed E-state index contributed by atoms with van der Waals surface area (Å²) in [5.41, 5.74) is 3.80. The zero-order valence-corrected chi connectivity index (χ0v) is 26.8. The summed E-state index contributed by atoms with van der Waals surface area (Å²) in [6, 6.07) is 20.4. The quantitative estimate of drug-likeness (QED) is 0.204. The van der Waals surface area contributed by atoms with Gasteiger partial charge in [-0.25, -0.2) is 9.78 Å². The van der Waals surface area contributed by atoms with Gasteiger partial charge in [0.2, 0.25) is 5.91 Å². The Morgan fingerprint density at radius 3 is 2.64 bits per heavy atom. The first-order valence-electron chi connectivity index (χ1n) is 15.8. The van der Waals surface area contributed by atoms with Crippen molar-refractivity contribution in [3.8, 4) is 0 Å². The van der Waals surface area contributed by atoms with Gasteiger partial charge in [-0.3, -0.25) is 4.79 Å². The number of methoxy groups -OCH3 is 1. The maximum atomic E-state index is 13.9. The molecule has 1 saturated heterocycles. The molecule has 0 saturated carbocycles. The average molecular weight is 599 g/mol. The number of carbonyl (C=O) groups excluding carboxylic acids is 2. The van der Waals surface area contributed by atoms with Crippen LogP contribution in [0, 0.1) is 6.92 Å². The molecule has 1 fully saturated rings. The summed E-state index contributed by atoms with van der Waals surface area (Å²) < 4.78 is 13.3. The standard InChI is InChI=1S/C36H46N4O4/c1-25-11-8-15-31-33(25)40(19-10-20-43-5)34(38-31)29-14-9-18-39(24-29)32(41)23-30(37-35(42)44-36(2,3)4)22-26-16-17-27-12-6-7-13-28(27)21-26/h6-8,11-13,15-17,21,29-30H,9-10,14,18-20,22-24H2,1-5H3,(H,37,42)/t29-,30-/m1/s1. The van der Waals surface area contributed by atoms with Crippen LogP contribution in [0.4, 0.5) is 4.79 Å². The van der Waals surface area contributed by atoms with Crippen molar-refractivity contribution >= 4 is 33.8 Å². The Labute approximate surface area is 260 Å². The minimum absolute atomic E-state index is 0.0368. The van der Waals surface area contributed by atoms with Crippen LogP contribution in [0.1, 0.15) is 69.3 Å². The number of ether oxygens (including phenoxy) is 2. The molecule has 234 valence electrons. The first-order chi connectivity index (χ1) is 21.1. The molecule has 5 rings (SSSR count). The highest BCUT2D eigenvalue weighted by molar-refractivity contribution is 5.83. The number of carbonyl (C=O) groups is 2. The molecule has 0 unspecified atom stereocenters. The molecule has 44 heavy (non-hydrogen) atoms. The van der Waals surface area contributed by atoms with E-state index in [1.54, 1.807) is 7.11 Å². The first-order valence-corrected chi connectivity index (χ1v) is 15.8. The van der Waals surface area contributed by atoms with E-state index in [1.165, 1.54) is 11.1 Å². The van der Waals surface area contributed by atoms with Crippen molar-refractivity contribution in [2.75, 3.05) is 26.8 Å². The number of aromatic nitrogens is 2. The molecule has 2 heterocycles. The molecular weight excluding hydrogens is 552 g/mol. The highest BCUT2D eigenvalue weighted by atomic mass is 16.6. The molecule has 8 heteroatoms. The van der Waals surface area contributed by atoms with Crippen LogP contribution in [-0.4, -0.2) is 64.9 Å². The number of alkyl carbamates (subject to hydrolysis) is 1. The number of fused-ring (bicyclic) bond motifs is 2. The Morgan fingerprint density at radius 1 is 1.07 bits per heavy atom. The molecule has 1 N–H and O–H groups in total. The summed E-state index contributed by atoms with van der Waals surface area (Å²) in [6.45, 7) is 10.5. The third-order valence-electron chi connectivity index (χ3n) is 8.31. The fourth-order valence-electron chi connectivity index (χ4n) is 6.34. The maximum Gasteiger partial charge on any atom is 0.407 e. The van der Waals surface area contributed by atoms with Gasteiger partial charge in [0.15, 0.2) is 0 Å². The van der Waals surface area contributed by atoms with Gasteiger partial charge in [-0.1, -0.05) is 54.6 Å². The number of amides is 2. The zero-order valence-electron chi connectivity index (χ0n) is 26.8. The summed E-state index contributed by atoms with van der Waals surface area (Å²) in [7, 11) is 1.73. The Morgan fingerprint density at radius 2 is 1.86 bits per heavy atom. The summed E-state index contributed by atoms with van der Waals surface area (Å²) >= 11 is 0. The van der Waals surface area contributed by atoms with Gasteiger partial charge in [0, 0.05) is 51.7 Å². The zero-order chi connectivity index (χ0) is 31.3. The minimum Gasteiger partial charge on any atom is -0.444 e. The second kappa shape index (κ2) is 13.8. The van der Waals surface area contributed by atoms with Crippen molar-refractivity contribution in [1.82, 2.24) is 19.8 Å². The van der Waals surface area contributed by atoms with Crippen LogP contribution in [0.3, 0.4) is 0 Å². The number of benzene rings is 3. The van der Waals surface area contributed by atoms with Crippen LogP contribution in [-0.2, 0) is 27.2 Å². The number of nitrogens with one attached hydrogen (secondary N) is 1. The van der Waals surface area contributed by atoms with E-state index in [0.29, 0.717) is 26.1 Å². The summed E-state index contributed by atoms with van der Waals surface area (Å²) in [5, 5.41) is 5.30. The topological polar surface area (TPSA) is 85.7 Å². The van der Waals surface area contributed by atoms with E-state index in [9.17, 15) is 9.59 Å². The second-order valence-corrected chi connectivity index (χ2v) is 13.0. The minimum atomic E-state index is -0.630. The number of hydrogen-bond acceptors (Lipinski definition) is 5. The molecular formula is C36H46N4O4. The Hall–Kier alpha value is -3.91. The molecule has 3 aromatic carbocycles. The van der Waals surface area contributed by atoms with Crippen LogP contribution in [0.25, 0.3) is 21.8 Å². The lowest BCUT2D eigenvalue weighted by molar-refractivity contribution is -0.132. The average Bonchev–Trinajstić information content (AvgIpc) is 3.36. The number of aryl methyl sites for hydroxylation is 2. The number of piperidine rings is 1. The van der Waals surface area contributed by atoms with Gasteiger partial charge in [0.05, 0.1) is 11.0 Å². The number of nitrogens with zero attached hydrogens (tertiary/aromatic N) is 3. The molecule has 1 aliphatic heterocycles. The SMILES string of the molecule is COCCCn1c([C@@H]2CCCN(C(=O)C[C@@H](Cc3ccc4ccccc4c3)NC(=O)OC(C)(C)C)C2)nc2cccc(C)c21. The molecule has 2 amide bonds. The van der Waals surface area contributed by atoms with E-state index in [2.05, 4.69) is 65.3 Å². The maximum absolute atomic E-state index is 13.9. The molecule has 1 aliphatic rings. The first kappa shape index (κ1) is 31.5. The normalized spacial score (nSPS) is 16.3. The predicted molar refractivity (Wildman–Crippen MR) is 175 cm³/mol. The highest BCUT2D eigenvalue weighted by Crippen LogP contribution is 2.31. The molecule has 0 bridgehead atoms. The third kappa shape index (κ3) is 7.78. The molecule has 0 radical (unpaired) electrons. The van der Waals surface area contributed by atoms with Gasteiger partial charge in [-0.05, 0) is 81.3 Å². The lowest BCUT2D eigenvalue weighted by atomic mass is 9.95. The number of imidazole rings is 1. The number of para-hydroxylation sites is 1. The Kier molecular flexibility index (Phi) is 9.89. The fourth-order valence-corrected chi connectivity index (χ4v) is 6.34. The number of hydrogen-bond donors (Lipinski definition) is 1. The van der Waals surface area contributed by atoms with E-state index >= 15 is 0 Å². The largest absolute Gasteiger partial charge is 0.444 e. The van der Waals surface area contributed by atoms with Crippen LogP contribution in [0.15, 0.2) is 60.7 Å². The van der Waals surface area contributed by atoms with E-state index in [0.717, 1.165) is 53.5 Å². The van der Waals surface area contributed by atoms with Gasteiger partial charge in [-0.15, -0.1) is 0 Å². The van der Waals surface area contributed by atoms with E-state index in [-0.39, 0.29) is 18.2 Å². The van der Waals surface area contributed by atoms with Crippen LogP contribution in [0.2, 0.25) is 0 Å². The Balaban J connectivity index is 1.34. The summed E-state index contributed by atoms with van der Waals surface area (Å²) in [5.74, 6) is 1.22. The lowest BCUT2D eigenvalue weighted by Gasteiger charge is -2.34. The monoisotopic (exact) mass is 598 g/mol. The van der Waals surface area contributed by atoms with Gasteiger partial charge in [0.25, 0.3) is 0 Å². The molecule has 2 atom stereocenters. The van der Waals surface area contributed by atoms with Crippen LogP contribution >= 0.6 is 0 Å². The highest BCUT2D eigenvalue weighted by Gasteiger charge is 2.31. The van der Waals surface area contributed by atoms with Crippen molar-refractivity contribution in [2.24, 2.45) is 0 Å².